The van der Waals surface area contributed by atoms with E-state index in [0.717, 1.165) is 40.5 Å². The van der Waals surface area contributed by atoms with Gasteiger partial charge in [0.25, 0.3) is 0 Å². The van der Waals surface area contributed by atoms with Crippen LogP contribution in [0.1, 0.15) is 12.6 Å². The number of rotatable bonds is 2. The van der Waals surface area contributed by atoms with Crippen molar-refractivity contribution >= 4 is 16.7 Å². The zero-order valence-electron chi connectivity index (χ0n) is 10.4. The molecule has 0 radical (unpaired) electrons. The van der Waals surface area contributed by atoms with E-state index in [1.807, 2.05) is 35.9 Å². The largest absolute Gasteiger partial charge is 0.399 e. The van der Waals surface area contributed by atoms with Gasteiger partial charge in [0.2, 0.25) is 0 Å². The van der Waals surface area contributed by atoms with Gasteiger partial charge >= 0.3 is 0 Å². The van der Waals surface area contributed by atoms with Crippen molar-refractivity contribution in [1.82, 2.24) is 19.7 Å². The lowest BCUT2D eigenvalue weighted by Gasteiger charge is -1.99. The first-order valence-corrected chi connectivity index (χ1v) is 5.97. The quantitative estimate of drug-likeness (QED) is 0.676. The van der Waals surface area contributed by atoms with Crippen LogP contribution in [0.15, 0.2) is 24.3 Å². The molecule has 1 aromatic carbocycles. The molecule has 3 aromatic rings. The number of hydrogen-bond donors (Lipinski definition) is 2. The van der Waals surface area contributed by atoms with Gasteiger partial charge in [-0.2, -0.15) is 5.10 Å². The molecule has 92 valence electrons. The van der Waals surface area contributed by atoms with Crippen molar-refractivity contribution in [2.45, 2.75) is 20.4 Å². The minimum atomic E-state index is 0.734. The van der Waals surface area contributed by atoms with Gasteiger partial charge in [-0.05, 0) is 38.1 Å². The average molecular weight is 241 g/mol. The second-order valence-corrected chi connectivity index (χ2v) is 4.35. The highest BCUT2D eigenvalue weighted by molar-refractivity contribution is 5.81. The fourth-order valence-electron chi connectivity index (χ4n) is 2.13. The molecule has 0 aliphatic carbocycles. The lowest BCUT2D eigenvalue weighted by molar-refractivity contribution is 0.658. The topological polar surface area (TPSA) is 72.5 Å². The van der Waals surface area contributed by atoms with Crippen molar-refractivity contribution in [2.75, 3.05) is 5.73 Å². The van der Waals surface area contributed by atoms with E-state index in [9.17, 15) is 0 Å². The summed E-state index contributed by atoms with van der Waals surface area (Å²) < 4.78 is 1.94. The second kappa shape index (κ2) is 3.87. The summed E-state index contributed by atoms with van der Waals surface area (Å²) in [5, 5.41) is 4.43. The normalized spacial score (nSPS) is 11.2. The Hall–Kier alpha value is -2.30. The molecule has 0 saturated carbocycles. The third kappa shape index (κ3) is 1.64. The van der Waals surface area contributed by atoms with E-state index in [0.29, 0.717) is 0 Å². The predicted octanol–water partition coefficient (Wildman–Crippen LogP) is 2.34. The molecule has 0 saturated heterocycles. The first-order chi connectivity index (χ1) is 8.67. The Morgan fingerprint density at radius 2 is 2.17 bits per heavy atom. The van der Waals surface area contributed by atoms with Gasteiger partial charge in [0, 0.05) is 12.2 Å². The van der Waals surface area contributed by atoms with Crippen LogP contribution in [0.25, 0.3) is 22.6 Å². The Balaban J connectivity index is 2.18. The number of imidazole rings is 1. The minimum absolute atomic E-state index is 0.734. The second-order valence-electron chi connectivity index (χ2n) is 4.35. The Morgan fingerprint density at radius 3 is 2.94 bits per heavy atom. The number of H-pyrrole nitrogens is 1. The fraction of sp³-hybridized carbons (Fsp3) is 0.231. The third-order valence-electron chi connectivity index (χ3n) is 2.95. The van der Waals surface area contributed by atoms with Gasteiger partial charge in [0.15, 0.2) is 5.82 Å². The van der Waals surface area contributed by atoms with E-state index in [-0.39, 0.29) is 0 Å². The number of nitrogens with zero attached hydrogens (tertiary/aromatic N) is 3. The zero-order chi connectivity index (χ0) is 12.7. The van der Waals surface area contributed by atoms with Crippen LogP contribution in [0, 0.1) is 6.92 Å². The number of nitrogens with one attached hydrogen (secondary N) is 1. The number of aryl methyl sites for hydroxylation is 2. The highest BCUT2D eigenvalue weighted by atomic mass is 15.3. The summed E-state index contributed by atoms with van der Waals surface area (Å²) in [4.78, 5) is 7.86. The fourth-order valence-corrected chi connectivity index (χ4v) is 2.13. The van der Waals surface area contributed by atoms with Gasteiger partial charge in [-0.25, -0.2) is 4.98 Å². The molecule has 3 rings (SSSR count). The number of benzene rings is 1. The average Bonchev–Trinajstić information content (AvgIpc) is 2.91. The summed E-state index contributed by atoms with van der Waals surface area (Å²) >= 11 is 0. The van der Waals surface area contributed by atoms with Gasteiger partial charge < -0.3 is 10.7 Å². The molecular formula is C13H15N5. The first kappa shape index (κ1) is 10.8. The van der Waals surface area contributed by atoms with Crippen LogP contribution in [0.5, 0.6) is 0 Å². The molecule has 0 atom stereocenters. The number of aromatic nitrogens is 4. The maximum absolute atomic E-state index is 5.77. The lowest BCUT2D eigenvalue weighted by atomic mass is 10.3. The highest BCUT2D eigenvalue weighted by Crippen LogP contribution is 2.22. The molecule has 2 aromatic heterocycles. The van der Waals surface area contributed by atoms with Gasteiger partial charge in [-0.1, -0.05) is 0 Å². The molecule has 5 heteroatoms. The number of hydrogen-bond acceptors (Lipinski definition) is 3. The number of aromatic amines is 1. The van der Waals surface area contributed by atoms with Crippen LogP contribution in [-0.4, -0.2) is 19.7 Å². The zero-order valence-corrected chi connectivity index (χ0v) is 10.4. The monoisotopic (exact) mass is 241 g/mol. The van der Waals surface area contributed by atoms with Crippen LogP contribution in [0.4, 0.5) is 5.69 Å². The van der Waals surface area contributed by atoms with E-state index in [4.69, 9.17) is 5.73 Å². The van der Waals surface area contributed by atoms with Crippen molar-refractivity contribution in [1.29, 1.82) is 0 Å². The molecule has 0 aliphatic heterocycles. The number of fused-ring (bicyclic) bond motifs is 1. The van der Waals surface area contributed by atoms with Crippen molar-refractivity contribution < 1.29 is 0 Å². The van der Waals surface area contributed by atoms with Gasteiger partial charge in [0.05, 0.1) is 16.7 Å². The Labute approximate surface area is 105 Å². The summed E-state index contributed by atoms with van der Waals surface area (Å²) in [5.41, 5.74) is 10.4. The van der Waals surface area contributed by atoms with Gasteiger partial charge in [-0.15, -0.1) is 0 Å². The molecule has 3 N–H and O–H groups in total. The summed E-state index contributed by atoms with van der Waals surface area (Å²) in [7, 11) is 0. The first-order valence-electron chi connectivity index (χ1n) is 5.97. The SMILES string of the molecule is CCn1nc(C)cc1-c1nc2ccc(N)cc2[nH]1. The standard InChI is InChI=1S/C13H15N5/c1-3-18-12(6-8(2)17-18)13-15-10-5-4-9(14)7-11(10)16-13/h4-7H,3,14H2,1-2H3,(H,15,16). The van der Waals surface area contributed by atoms with E-state index < -0.39 is 0 Å². The van der Waals surface area contributed by atoms with Crippen molar-refractivity contribution in [3.63, 3.8) is 0 Å². The maximum Gasteiger partial charge on any atom is 0.156 e. The summed E-state index contributed by atoms with van der Waals surface area (Å²) in [6, 6.07) is 7.70. The van der Waals surface area contributed by atoms with Crippen LogP contribution in [0.2, 0.25) is 0 Å². The molecular weight excluding hydrogens is 226 g/mol. The van der Waals surface area contributed by atoms with Crippen LogP contribution in [0.3, 0.4) is 0 Å². The molecule has 5 nitrogen and oxygen atoms in total. The summed E-state index contributed by atoms with van der Waals surface area (Å²) in [5.74, 6) is 0.832. The Morgan fingerprint density at radius 1 is 1.33 bits per heavy atom. The number of anilines is 1. The molecule has 0 bridgehead atoms. The minimum Gasteiger partial charge on any atom is -0.399 e. The summed E-state index contributed by atoms with van der Waals surface area (Å²) in [6.45, 7) is 4.87. The predicted molar refractivity (Wildman–Crippen MR) is 72.1 cm³/mol. The molecule has 18 heavy (non-hydrogen) atoms. The van der Waals surface area contributed by atoms with Crippen LogP contribution in [-0.2, 0) is 6.54 Å². The van der Waals surface area contributed by atoms with Crippen molar-refractivity contribution in [2.24, 2.45) is 0 Å². The summed E-state index contributed by atoms with van der Waals surface area (Å²) in [6.07, 6.45) is 0. The molecule has 0 fully saturated rings. The molecule has 0 amide bonds. The third-order valence-corrected chi connectivity index (χ3v) is 2.95. The Kier molecular flexibility index (Phi) is 2.33. The van der Waals surface area contributed by atoms with Gasteiger partial charge in [0.1, 0.15) is 5.69 Å². The molecule has 0 aliphatic rings. The smallest absolute Gasteiger partial charge is 0.156 e. The van der Waals surface area contributed by atoms with E-state index >= 15 is 0 Å². The van der Waals surface area contributed by atoms with Crippen LogP contribution >= 0.6 is 0 Å². The van der Waals surface area contributed by atoms with E-state index in [2.05, 4.69) is 22.0 Å². The lowest BCUT2D eigenvalue weighted by Crippen LogP contribution is -1.99. The molecule has 0 spiro atoms. The highest BCUT2D eigenvalue weighted by Gasteiger charge is 2.11. The van der Waals surface area contributed by atoms with E-state index in [1.165, 1.54) is 0 Å². The number of nitrogen functional groups attached to an aromatic ring is 1. The van der Waals surface area contributed by atoms with E-state index in [1.54, 1.807) is 0 Å². The van der Waals surface area contributed by atoms with Crippen molar-refractivity contribution in [3.8, 4) is 11.5 Å². The van der Waals surface area contributed by atoms with Crippen LogP contribution < -0.4 is 5.73 Å². The Bertz CT molecular complexity index is 707. The maximum atomic E-state index is 5.77. The number of nitrogens with two attached hydrogens (primary N) is 1. The van der Waals surface area contributed by atoms with Crippen molar-refractivity contribution in [3.05, 3.63) is 30.0 Å². The van der Waals surface area contributed by atoms with Gasteiger partial charge in [-0.3, -0.25) is 4.68 Å². The molecule has 2 heterocycles. The molecule has 0 unspecified atom stereocenters.